The van der Waals surface area contributed by atoms with Crippen LogP contribution in [0.1, 0.15) is 29.8 Å². The summed E-state index contributed by atoms with van der Waals surface area (Å²) in [5.41, 5.74) is 0.309. The summed E-state index contributed by atoms with van der Waals surface area (Å²) in [6.45, 7) is 0.671. The maximum Gasteiger partial charge on any atom is 0.271 e. The van der Waals surface area contributed by atoms with Gasteiger partial charge in [0.15, 0.2) is 10.8 Å². The molecule has 2 amide bonds. The molecule has 0 aliphatic carbocycles. The molecule has 2 aromatic rings. The number of amides is 2. The van der Waals surface area contributed by atoms with Gasteiger partial charge in [0.05, 0.1) is 6.26 Å². The van der Waals surface area contributed by atoms with Crippen molar-refractivity contribution >= 4 is 23.2 Å². The second kappa shape index (κ2) is 6.09. The molecule has 0 spiro atoms. The number of nitrogens with one attached hydrogen (secondary N) is 2. The highest BCUT2D eigenvalue weighted by atomic mass is 32.1. The van der Waals surface area contributed by atoms with E-state index in [9.17, 15) is 9.59 Å². The highest BCUT2D eigenvalue weighted by Gasteiger charge is 2.24. The number of thiazole rings is 1. The lowest BCUT2D eigenvalue weighted by Crippen LogP contribution is -2.45. The first-order valence-electron chi connectivity index (χ1n) is 6.82. The van der Waals surface area contributed by atoms with Crippen LogP contribution in [0.15, 0.2) is 28.2 Å². The molecule has 7 heteroatoms. The molecule has 6 nitrogen and oxygen atoms in total. The van der Waals surface area contributed by atoms with Crippen molar-refractivity contribution in [1.29, 1.82) is 0 Å². The minimum absolute atomic E-state index is 0.123. The van der Waals surface area contributed by atoms with Crippen LogP contribution in [0.25, 0.3) is 10.8 Å². The standard InChI is InChI=1S/C14H15N3O3S/c18-12-9(4-1-2-6-15-12)16-13(19)10-8-21-14(17-10)11-5-3-7-20-11/h3,5,7-9H,1-2,4,6H2,(H,15,18)(H,16,19)/t9-/m1/s1. The average Bonchev–Trinajstić information content (AvgIpc) is 3.12. The lowest BCUT2D eigenvalue weighted by Gasteiger charge is -2.14. The molecule has 2 aromatic heterocycles. The maximum absolute atomic E-state index is 12.2. The topological polar surface area (TPSA) is 84.2 Å². The second-order valence-electron chi connectivity index (χ2n) is 4.83. The first kappa shape index (κ1) is 13.8. The molecule has 3 heterocycles. The summed E-state index contributed by atoms with van der Waals surface area (Å²) >= 11 is 1.34. The summed E-state index contributed by atoms with van der Waals surface area (Å²) in [5, 5.41) is 7.86. The molecule has 1 saturated heterocycles. The van der Waals surface area contributed by atoms with E-state index in [4.69, 9.17) is 4.42 Å². The van der Waals surface area contributed by atoms with Crippen LogP contribution in [0.2, 0.25) is 0 Å². The van der Waals surface area contributed by atoms with Gasteiger partial charge in [0.25, 0.3) is 5.91 Å². The zero-order chi connectivity index (χ0) is 14.7. The van der Waals surface area contributed by atoms with E-state index in [1.165, 1.54) is 11.3 Å². The summed E-state index contributed by atoms with van der Waals surface area (Å²) in [6, 6.07) is 3.08. The number of aromatic nitrogens is 1. The fourth-order valence-electron chi connectivity index (χ4n) is 2.20. The number of furan rings is 1. The molecular formula is C14H15N3O3S. The van der Waals surface area contributed by atoms with Gasteiger partial charge in [-0.25, -0.2) is 4.98 Å². The highest BCUT2D eigenvalue weighted by Crippen LogP contribution is 2.23. The van der Waals surface area contributed by atoms with Gasteiger partial charge >= 0.3 is 0 Å². The molecule has 3 rings (SSSR count). The first-order chi connectivity index (χ1) is 10.2. The Morgan fingerprint density at radius 3 is 3.19 bits per heavy atom. The van der Waals surface area contributed by atoms with Crippen molar-refractivity contribution in [1.82, 2.24) is 15.6 Å². The quantitative estimate of drug-likeness (QED) is 0.905. The van der Waals surface area contributed by atoms with Crippen molar-refractivity contribution in [3.8, 4) is 10.8 Å². The van der Waals surface area contributed by atoms with E-state index in [0.29, 0.717) is 29.4 Å². The van der Waals surface area contributed by atoms with E-state index in [1.54, 1.807) is 23.8 Å². The fraction of sp³-hybridized carbons (Fsp3) is 0.357. The van der Waals surface area contributed by atoms with Crippen LogP contribution in [-0.2, 0) is 4.79 Å². The smallest absolute Gasteiger partial charge is 0.271 e. The van der Waals surface area contributed by atoms with E-state index in [0.717, 1.165) is 12.8 Å². The molecule has 1 aliphatic rings. The third-order valence-electron chi connectivity index (χ3n) is 3.31. The van der Waals surface area contributed by atoms with Crippen molar-refractivity contribution in [3.05, 3.63) is 29.5 Å². The number of carbonyl (C=O) groups excluding carboxylic acids is 2. The van der Waals surface area contributed by atoms with E-state index in [2.05, 4.69) is 15.6 Å². The van der Waals surface area contributed by atoms with Gasteiger partial charge in [0, 0.05) is 11.9 Å². The Bertz CT molecular complexity index is 636. The van der Waals surface area contributed by atoms with Gasteiger partial charge < -0.3 is 15.1 Å². The molecule has 0 aromatic carbocycles. The van der Waals surface area contributed by atoms with Crippen molar-refractivity contribution < 1.29 is 14.0 Å². The van der Waals surface area contributed by atoms with E-state index in [1.807, 2.05) is 0 Å². The predicted molar refractivity (Wildman–Crippen MR) is 77.9 cm³/mol. The van der Waals surface area contributed by atoms with Crippen LogP contribution in [0.4, 0.5) is 0 Å². The van der Waals surface area contributed by atoms with Crippen LogP contribution >= 0.6 is 11.3 Å². The van der Waals surface area contributed by atoms with Crippen molar-refractivity contribution in [2.45, 2.75) is 25.3 Å². The SMILES string of the molecule is O=C(N[C@@H]1CCCCNC1=O)c1csc(-c2ccco2)n1. The minimum atomic E-state index is -0.478. The summed E-state index contributed by atoms with van der Waals surface area (Å²) in [4.78, 5) is 28.2. The van der Waals surface area contributed by atoms with Crippen LogP contribution in [0.3, 0.4) is 0 Å². The fourth-order valence-corrected chi connectivity index (χ4v) is 2.97. The molecule has 0 radical (unpaired) electrons. The summed E-state index contributed by atoms with van der Waals surface area (Å²) in [7, 11) is 0. The van der Waals surface area contributed by atoms with Gasteiger partial charge in [-0.15, -0.1) is 11.3 Å². The van der Waals surface area contributed by atoms with Crippen molar-refractivity contribution in [2.24, 2.45) is 0 Å². The van der Waals surface area contributed by atoms with Gasteiger partial charge in [-0.05, 0) is 31.4 Å². The Morgan fingerprint density at radius 1 is 1.48 bits per heavy atom. The Balaban J connectivity index is 1.69. The van der Waals surface area contributed by atoms with Crippen LogP contribution in [-0.4, -0.2) is 29.4 Å². The Kier molecular flexibility index (Phi) is 4.01. The summed E-state index contributed by atoms with van der Waals surface area (Å²) < 4.78 is 5.25. The number of rotatable bonds is 3. The van der Waals surface area contributed by atoms with Crippen LogP contribution in [0.5, 0.6) is 0 Å². The third kappa shape index (κ3) is 3.13. The zero-order valence-corrected chi connectivity index (χ0v) is 12.1. The summed E-state index contributed by atoms with van der Waals surface area (Å²) in [5.74, 6) is 0.180. The van der Waals surface area contributed by atoms with E-state index >= 15 is 0 Å². The molecule has 1 aliphatic heterocycles. The molecular weight excluding hydrogens is 290 g/mol. The monoisotopic (exact) mass is 305 g/mol. The second-order valence-corrected chi connectivity index (χ2v) is 5.69. The Morgan fingerprint density at radius 2 is 2.38 bits per heavy atom. The molecule has 1 fully saturated rings. The van der Waals surface area contributed by atoms with E-state index in [-0.39, 0.29) is 11.8 Å². The largest absolute Gasteiger partial charge is 0.462 e. The van der Waals surface area contributed by atoms with Crippen molar-refractivity contribution in [2.75, 3.05) is 6.54 Å². The van der Waals surface area contributed by atoms with Gasteiger partial charge in [0.2, 0.25) is 5.91 Å². The van der Waals surface area contributed by atoms with Crippen LogP contribution < -0.4 is 10.6 Å². The number of hydrogen-bond donors (Lipinski definition) is 2. The lowest BCUT2D eigenvalue weighted by molar-refractivity contribution is -0.122. The average molecular weight is 305 g/mol. The molecule has 110 valence electrons. The third-order valence-corrected chi connectivity index (χ3v) is 4.17. The molecule has 0 unspecified atom stereocenters. The van der Waals surface area contributed by atoms with E-state index < -0.39 is 6.04 Å². The number of hydrogen-bond acceptors (Lipinski definition) is 5. The normalized spacial score (nSPS) is 18.9. The molecule has 21 heavy (non-hydrogen) atoms. The van der Waals surface area contributed by atoms with Gasteiger partial charge in [0.1, 0.15) is 11.7 Å². The highest BCUT2D eigenvalue weighted by molar-refractivity contribution is 7.13. The molecule has 0 saturated carbocycles. The minimum Gasteiger partial charge on any atom is -0.462 e. The summed E-state index contributed by atoms with van der Waals surface area (Å²) in [6.07, 6.45) is 4.08. The van der Waals surface area contributed by atoms with Gasteiger partial charge in [-0.1, -0.05) is 0 Å². The Hall–Kier alpha value is -2.15. The zero-order valence-electron chi connectivity index (χ0n) is 11.3. The van der Waals surface area contributed by atoms with Crippen LogP contribution in [0, 0.1) is 0 Å². The van der Waals surface area contributed by atoms with Gasteiger partial charge in [-0.2, -0.15) is 0 Å². The molecule has 1 atom stereocenters. The van der Waals surface area contributed by atoms with Gasteiger partial charge in [-0.3, -0.25) is 9.59 Å². The predicted octanol–water partition coefficient (Wildman–Crippen LogP) is 1.80. The number of carbonyl (C=O) groups is 2. The maximum atomic E-state index is 12.2. The molecule has 0 bridgehead atoms. The first-order valence-corrected chi connectivity index (χ1v) is 7.70. The lowest BCUT2D eigenvalue weighted by atomic mass is 10.1. The Labute approximate surface area is 125 Å². The molecule has 2 N–H and O–H groups in total. The van der Waals surface area contributed by atoms with Crippen molar-refractivity contribution in [3.63, 3.8) is 0 Å². The number of nitrogens with zero attached hydrogens (tertiary/aromatic N) is 1.